The van der Waals surface area contributed by atoms with Gasteiger partial charge in [0, 0.05) is 42.8 Å². The molecule has 0 atom stereocenters. The molecule has 0 radical (unpaired) electrons. The fraction of sp³-hybridized carbons (Fsp3) is 0.538. The highest BCUT2D eigenvalue weighted by molar-refractivity contribution is 5.67. The zero-order valence-corrected chi connectivity index (χ0v) is 9.81. The van der Waals surface area contributed by atoms with Crippen LogP contribution < -0.4 is 10.2 Å². The molecule has 0 saturated heterocycles. The van der Waals surface area contributed by atoms with E-state index in [2.05, 4.69) is 24.1 Å². The fourth-order valence-corrected chi connectivity index (χ4v) is 3.02. The van der Waals surface area contributed by atoms with Gasteiger partial charge in [0.1, 0.15) is 5.82 Å². The summed E-state index contributed by atoms with van der Waals surface area (Å²) in [6, 6.07) is 3.54. The van der Waals surface area contributed by atoms with Crippen LogP contribution in [0.4, 0.5) is 10.1 Å². The van der Waals surface area contributed by atoms with Gasteiger partial charge in [-0.3, -0.25) is 0 Å². The van der Waals surface area contributed by atoms with Crippen molar-refractivity contribution in [3.05, 3.63) is 29.1 Å². The summed E-state index contributed by atoms with van der Waals surface area (Å²) < 4.78 is 14.0. The van der Waals surface area contributed by atoms with E-state index in [1.165, 1.54) is 5.56 Å². The SMILES string of the molecule is CC1(C)CN2CCNCc3ccc(F)c1c32. The Morgan fingerprint density at radius 2 is 2.19 bits per heavy atom. The topological polar surface area (TPSA) is 15.3 Å². The van der Waals surface area contributed by atoms with E-state index in [-0.39, 0.29) is 11.2 Å². The lowest BCUT2D eigenvalue weighted by atomic mass is 9.85. The van der Waals surface area contributed by atoms with E-state index < -0.39 is 0 Å². The number of halogens is 1. The number of rotatable bonds is 0. The summed E-state index contributed by atoms with van der Waals surface area (Å²) in [4.78, 5) is 2.33. The molecule has 0 bridgehead atoms. The minimum Gasteiger partial charge on any atom is -0.369 e. The van der Waals surface area contributed by atoms with Crippen molar-refractivity contribution in [3.63, 3.8) is 0 Å². The first-order valence-corrected chi connectivity index (χ1v) is 5.87. The van der Waals surface area contributed by atoms with Crippen LogP contribution in [0.15, 0.2) is 12.1 Å². The molecule has 86 valence electrons. The van der Waals surface area contributed by atoms with Crippen LogP contribution in [0, 0.1) is 5.82 Å². The number of hydrogen-bond donors (Lipinski definition) is 1. The lowest BCUT2D eigenvalue weighted by Crippen LogP contribution is -2.32. The molecule has 2 aliphatic rings. The molecular weight excluding hydrogens is 203 g/mol. The van der Waals surface area contributed by atoms with Gasteiger partial charge in [-0.05, 0) is 11.6 Å². The third-order valence-corrected chi connectivity index (χ3v) is 3.66. The summed E-state index contributed by atoms with van der Waals surface area (Å²) in [5.41, 5.74) is 3.23. The minimum absolute atomic E-state index is 0.0480. The zero-order valence-electron chi connectivity index (χ0n) is 9.81. The van der Waals surface area contributed by atoms with Crippen molar-refractivity contribution < 1.29 is 4.39 Å². The number of anilines is 1. The lowest BCUT2D eigenvalue weighted by Gasteiger charge is -2.21. The van der Waals surface area contributed by atoms with E-state index in [4.69, 9.17) is 0 Å². The van der Waals surface area contributed by atoms with Gasteiger partial charge in [-0.1, -0.05) is 19.9 Å². The molecule has 0 unspecified atom stereocenters. The lowest BCUT2D eigenvalue weighted by molar-refractivity contribution is 0.507. The molecule has 0 fully saturated rings. The van der Waals surface area contributed by atoms with Gasteiger partial charge in [-0.2, -0.15) is 0 Å². The monoisotopic (exact) mass is 220 g/mol. The molecule has 0 spiro atoms. The van der Waals surface area contributed by atoms with Crippen molar-refractivity contribution in [2.45, 2.75) is 25.8 Å². The Morgan fingerprint density at radius 3 is 3.00 bits per heavy atom. The molecule has 0 aliphatic carbocycles. The third kappa shape index (κ3) is 1.27. The summed E-state index contributed by atoms with van der Waals surface area (Å²) in [5.74, 6) is -0.0480. The summed E-state index contributed by atoms with van der Waals surface area (Å²) in [6.07, 6.45) is 0. The number of nitrogens with zero attached hydrogens (tertiary/aromatic N) is 1. The van der Waals surface area contributed by atoms with E-state index in [0.29, 0.717) is 0 Å². The van der Waals surface area contributed by atoms with Crippen LogP contribution in [0.5, 0.6) is 0 Å². The van der Waals surface area contributed by atoms with Gasteiger partial charge in [0.2, 0.25) is 0 Å². The normalized spacial score (nSPS) is 21.8. The molecule has 16 heavy (non-hydrogen) atoms. The Kier molecular flexibility index (Phi) is 2.02. The van der Waals surface area contributed by atoms with Crippen molar-refractivity contribution in [1.29, 1.82) is 0 Å². The molecule has 3 rings (SSSR count). The van der Waals surface area contributed by atoms with Crippen molar-refractivity contribution in [2.24, 2.45) is 0 Å². The van der Waals surface area contributed by atoms with Crippen LogP contribution in [0.25, 0.3) is 0 Å². The molecule has 2 nitrogen and oxygen atoms in total. The average molecular weight is 220 g/mol. The van der Waals surface area contributed by atoms with Crippen LogP contribution >= 0.6 is 0 Å². The Balaban J connectivity index is 2.26. The van der Waals surface area contributed by atoms with Crippen LogP contribution in [0.3, 0.4) is 0 Å². The maximum Gasteiger partial charge on any atom is 0.129 e. The molecule has 0 amide bonds. The molecule has 1 aromatic carbocycles. The molecule has 3 heteroatoms. The van der Waals surface area contributed by atoms with Gasteiger partial charge in [0.15, 0.2) is 0 Å². The van der Waals surface area contributed by atoms with Gasteiger partial charge < -0.3 is 10.2 Å². The highest BCUT2D eigenvalue weighted by Crippen LogP contribution is 2.44. The van der Waals surface area contributed by atoms with Gasteiger partial charge in [-0.25, -0.2) is 4.39 Å². The third-order valence-electron chi connectivity index (χ3n) is 3.66. The van der Waals surface area contributed by atoms with E-state index in [9.17, 15) is 4.39 Å². The van der Waals surface area contributed by atoms with E-state index in [1.807, 2.05) is 6.07 Å². The Morgan fingerprint density at radius 1 is 1.38 bits per heavy atom. The Hall–Kier alpha value is -1.09. The van der Waals surface area contributed by atoms with Crippen LogP contribution in [-0.2, 0) is 12.0 Å². The van der Waals surface area contributed by atoms with Crippen LogP contribution in [-0.4, -0.2) is 19.6 Å². The first kappa shape index (κ1) is 10.1. The Labute approximate surface area is 95.4 Å². The highest BCUT2D eigenvalue weighted by Gasteiger charge is 2.39. The number of benzene rings is 1. The first-order chi connectivity index (χ1) is 7.59. The van der Waals surface area contributed by atoms with Crippen molar-refractivity contribution in [3.8, 4) is 0 Å². The molecule has 2 aliphatic heterocycles. The van der Waals surface area contributed by atoms with Crippen molar-refractivity contribution in [1.82, 2.24) is 5.32 Å². The predicted octanol–water partition coefficient (Wildman–Crippen LogP) is 2.03. The zero-order chi connectivity index (χ0) is 11.3. The smallest absolute Gasteiger partial charge is 0.129 e. The molecule has 2 heterocycles. The van der Waals surface area contributed by atoms with Crippen molar-refractivity contribution >= 4 is 5.69 Å². The van der Waals surface area contributed by atoms with Gasteiger partial charge in [0.25, 0.3) is 0 Å². The molecule has 0 aromatic heterocycles. The van der Waals surface area contributed by atoms with Gasteiger partial charge >= 0.3 is 0 Å². The highest BCUT2D eigenvalue weighted by atomic mass is 19.1. The first-order valence-electron chi connectivity index (χ1n) is 5.87. The summed E-state index contributed by atoms with van der Waals surface area (Å²) in [7, 11) is 0. The second-order valence-electron chi connectivity index (χ2n) is 5.41. The predicted molar refractivity (Wildman–Crippen MR) is 63.3 cm³/mol. The second-order valence-corrected chi connectivity index (χ2v) is 5.41. The maximum absolute atomic E-state index is 14.0. The maximum atomic E-state index is 14.0. The van der Waals surface area contributed by atoms with Crippen molar-refractivity contribution in [2.75, 3.05) is 24.5 Å². The number of hydrogen-bond acceptors (Lipinski definition) is 2. The standard InChI is InChI=1S/C13H17FN2/c1-13(2)8-16-6-5-15-7-9-3-4-10(14)11(13)12(9)16/h3-4,15H,5-8H2,1-2H3. The molecule has 1 N–H and O–H groups in total. The molecule has 0 saturated carbocycles. The second kappa shape index (κ2) is 3.20. The Bertz CT molecular complexity index is 440. The fourth-order valence-electron chi connectivity index (χ4n) is 3.02. The van der Waals surface area contributed by atoms with E-state index >= 15 is 0 Å². The number of nitrogens with one attached hydrogen (secondary N) is 1. The quantitative estimate of drug-likeness (QED) is 0.719. The van der Waals surface area contributed by atoms with E-state index in [1.54, 1.807) is 6.07 Å². The van der Waals surface area contributed by atoms with Gasteiger partial charge in [0.05, 0.1) is 0 Å². The van der Waals surface area contributed by atoms with Crippen LogP contribution in [0.2, 0.25) is 0 Å². The summed E-state index contributed by atoms with van der Waals surface area (Å²) in [5, 5.41) is 3.38. The largest absolute Gasteiger partial charge is 0.369 e. The summed E-state index contributed by atoms with van der Waals surface area (Å²) in [6.45, 7) is 8.01. The molecular formula is C13H17FN2. The minimum atomic E-state index is -0.0627. The average Bonchev–Trinajstić information content (AvgIpc) is 2.38. The molecule has 1 aromatic rings. The van der Waals surface area contributed by atoms with E-state index in [0.717, 1.165) is 37.4 Å². The summed E-state index contributed by atoms with van der Waals surface area (Å²) >= 11 is 0. The van der Waals surface area contributed by atoms with Gasteiger partial charge in [-0.15, -0.1) is 0 Å². The van der Waals surface area contributed by atoms with Crippen LogP contribution in [0.1, 0.15) is 25.0 Å².